The van der Waals surface area contributed by atoms with Crippen molar-refractivity contribution in [2.24, 2.45) is 0 Å². The Kier molecular flexibility index (Phi) is 3.20. The molecule has 0 bridgehead atoms. The van der Waals surface area contributed by atoms with Crippen molar-refractivity contribution >= 4 is 10.0 Å². The van der Waals surface area contributed by atoms with Gasteiger partial charge >= 0.3 is 0 Å². The molecule has 1 aliphatic heterocycles. The second-order valence-electron chi connectivity index (χ2n) is 5.81. The van der Waals surface area contributed by atoms with Crippen LogP contribution in [0.5, 0.6) is 5.75 Å². The van der Waals surface area contributed by atoms with Crippen LogP contribution in [0.4, 0.5) is 0 Å². The van der Waals surface area contributed by atoms with E-state index in [0.29, 0.717) is 11.5 Å². The van der Waals surface area contributed by atoms with Crippen LogP contribution < -0.4 is 9.46 Å². The minimum absolute atomic E-state index is 0.325. The van der Waals surface area contributed by atoms with E-state index in [2.05, 4.69) is 4.72 Å². The molecule has 0 amide bonds. The molecule has 1 heterocycles. The molecule has 0 saturated heterocycles. The van der Waals surface area contributed by atoms with E-state index >= 15 is 0 Å². The summed E-state index contributed by atoms with van der Waals surface area (Å²) < 4.78 is 33.6. The summed E-state index contributed by atoms with van der Waals surface area (Å²) in [4.78, 5) is 0.345. The quantitative estimate of drug-likeness (QED) is 0.947. The summed E-state index contributed by atoms with van der Waals surface area (Å²) >= 11 is 0. The van der Waals surface area contributed by atoms with E-state index in [-0.39, 0.29) is 6.04 Å². The van der Waals surface area contributed by atoms with Crippen LogP contribution in [-0.4, -0.2) is 15.0 Å². The van der Waals surface area contributed by atoms with Gasteiger partial charge in [-0.1, -0.05) is 24.3 Å². The number of sulfonamides is 1. The molecule has 2 aromatic rings. The normalized spacial score (nSPS) is 19.5. The second kappa shape index (κ2) is 5.11. The summed E-state index contributed by atoms with van der Waals surface area (Å²) in [5, 5.41) is 0. The van der Waals surface area contributed by atoms with Gasteiger partial charge in [-0.25, -0.2) is 13.1 Å². The maximum atomic E-state index is 12.6. The van der Waals surface area contributed by atoms with E-state index in [1.807, 2.05) is 36.4 Å². The Balaban J connectivity index is 1.63. The summed E-state index contributed by atoms with van der Waals surface area (Å²) in [5.74, 6) is 0.754. The SMILES string of the molecule is O=S(=O)(NC1COc2ccccc21)c1ccc2c(c1)CCC2. The van der Waals surface area contributed by atoms with Crippen molar-refractivity contribution < 1.29 is 13.2 Å². The van der Waals surface area contributed by atoms with E-state index in [1.165, 1.54) is 5.56 Å². The number of nitrogens with one attached hydrogen (secondary N) is 1. The van der Waals surface area contributed by atoms with E-state index in [0.717, 1.165) is 36.1 Å². The summed E-state index contributed by atoms with van der Waals surface area (Å²) in [6.07, 6.45) is 3.12. The molecule has 2 aliphatic rings. The molecule has 22 heavy (non-hydrogen) atoms. The largest absolute Gasteiger partial charge is 0.491 e. The molecule has 0 aromatic heterocycles. The summed E-state index contributed by atoms with van der Waals surface area (Å²) in [5.41, 5.74) is 3.33. The van der Waals surface area contributed by atoms with Crippen molar-refractivity contribution in [3.05, 3.63) is 59.2 Å². The molecule has 1 aliphatic carbocycles. The molecule has 1 atom stereocenters. The Labute approximate surface area is 130 Å². The van der Waals surface area contributed by atoms with Gasteiger partial charge in [-0.3, -0.25) is 0 Å². The number of para-hydroxylation sites is 1. The number of aryl methyl sites for hydroxylation is 2. The van der Waals surface area contributed by atoms with Gasteiger partial charge in [-0.05, 0) is 48.6 Å². The van der Waals surface area contributed by atoms with E-state index < -0.39 is 10.0 Å². The minimum Gasteiger partial charge on any atom is -0.491 e. The predicted octanol–water partition coefficient (Wildman–Crippen LogP) is 2.59. The van der Waals surface area contributed by atoms with Crippen LogP contribution in [0.1, 0.15) is 29.2 Å². The van der Waals surface area contributed by atoms with Gasteiger partial charge in [-0.15, -0.1) is 0 Å². The summed E-state index contributed by atoms with van der Waals surface area (Å²) in [6, 6.07) is 12.7. The molecule has 5 heteroatoms. The molecule has 1 unspecified atom stereocenters. The van der Waals surface area contributed by atoms with Crippen LogP contribution in [0, 0.1) is 0 Å². The minimum atomic E-state index is -3.54. The highest BCUT2D eigenvalue weighted by Gasteiger charge is 2.29. The Morgan fingerprint density at radius 3 is 2.77 bits per heavy atom. The molecule has 4 nitrogen and oxygen atoms in total. The Morgan fingerprint density at radius 2 is 1.86 bits per heavy atom. The molecule has 0 spiro atoms. The molecule has 2 aromatic carbocycles. The maximum absolute atomic E-state index is 12.6. The van der Waals surface area contributed by atoms with Crippen LogP contribution >= 0.6 is 0 Å². The van der Waals surface area contributed by atoms with Crippen molar-refractivity contribution in [2.75, 3.05) is 6.61 Å². The number of benzene rings is 2. The van der Waals surface area contributed by atoms with Crippen LogP contribution in [0.3, 0.4) is 0 Å². The first-order valence-corrected chi connectivity index (χ1v) is 8.98. The molecular weight excluding hydrogens is 298 g/mol. The van der Waals surface area contributed by atoms with Crippen molar-refractivity contribution in [2.45, 2.75) is 30.2 Å². The van der Waals surface area contributed by atoms with Crippen LogP contribution in [0.25, 0.3) is 0 Å². The third-order valence-corrected chi connectivity index (χ3v) is 5.85. The lowest BCUT2D eigenvalue weighted by Crippen LogP contribution is -2.29. The lowest BCUT2D eigenvalue weighted by Gasteiger charge is -2.13. The van der Waals surface area contributed by atoms with E-state index in [1.54, 1.807) is 6.07 Å². The van der Waals surface area contributed by atoms with E-state index in [4.69, 9.17) is 4.74 Å². The van der Waals surface area contributed by atoms with Crippen molar-refractivity contribution in [3.63, 3.8) is 0 Å². The number of hydrogen-bond donors (Lipinski definition) is 1. The summed E-state index contributed by atoms with van der Waals surface area (Å²) in [7, 11) is -3.54. The zero-order valence-corrected chi connectivity index (χ0v) is 12.9. The summed E-state index contributed by atoms with van der Waals surface area (Å²) in [6.45, 7) is 0.337. The maximum Gasteiger partial charge on any atom is 0.241 e. The van der Waals surface area contributed by atoms with Gasteiger partial charge in [0.25, 0.3) is 0 Å². The van der Waals surface area contributed by atoms with Gasteiger partial charge in [-0.2, -0.15) is 0 Å². The molecule has 1 N–H and O–H groups in total. The first-order valence-electron chi connectivity index (χ1n) is 7.49. The fourth-order valence-corrected chi connectivity index (χ4v) is 4.48. The van der Waals surface area contributed by atoms with Gasteiger partial charge < -0.3 is 4.74 Å². The van der Waals surface area contributed by atoms with Crippen LogP contribution in [0.2, 0.25) is 0 Å². The fourth-order valence-electron chi connectivity index (χ4n) is 3.23. The first-order chi connectivity index (χ1) is 10.6. The number of rotatable bonds is 3. The zero-order valence-electron chi connectivity index (χ0n) is 12.1. The topological polar surface area (TPSA) is 55.4 Å². The standard InChI is InChI=1S/C17H17NO3S/c19-22(20,14-9-8-12-4-3-5-13(12)10-14)18-16-11-21-17-7-2-1-6-15(16)17/h1-2,6-10,16,18H,3-5,11H2. The highest BCUT2D eigenvalue weighted by molar-refractivity contribution is 7.89. The van der Waals surface area contributed by atoms with Gasteiger partial charge in [0.05, 0.1) is 10.9 Å². The lowest BCUT2D eigenvalue weighted by atomic mass is 10.1. The van der Waals surface area contributed by atoms with Gasteiger partial charge in [0, 0.05) is 5.56 Å². The zero-order chi connectivity index (χ0) is 15.2. The third-order valence-electron chi connectivity index (χ3n) is 4.38. The average molecular weight is 315 g/mol. The average Bonchev–Trinajstić information content (AvgIpc) is 3.13. The molecule has 0 fully saturated rings. The Hall–Kier alpha value is -1.85. The molecule has 0 radical (unpaired) electrons. The number of ether oxygens (including phenoxy) is 1. The molecular formula is C17H17NO3S. The third kappa shape index (κ3) is 2.30. The van der Waals surface area contributed by atoms with Crippen LogP contribution in [0.15, 0.2) is 47.4 Å². The van der Waals surface area contributed by atoms with Gasteiger partial charge in [0.2, 0.25) is 10.0 Å². The van der Waals surface area contributed by atoms with Gasteiger partial charge in [0.1, 0.15) is 12.4 Å². The van der Waals surface area contributed by atoms with Crippen molar-refractivity contribution in [1.82, 2.24) is 4.72 Å². The van der Waals surface area contributed by atoms with Gasteiger partial charge in [0.15, 0.2) is 0 Å². The number of hydrogen-bond acceptors (Lipinski definition) is 3. The predicted molar refractivity (Wildman–Crippen MR) is 83.5 cm³/mol. The smallest absolute Gasteiger partial charge is 0.241 e. The fraction of sp³-hybridized carbons (Fsp3) is 0.294. The van der Waals surface area contributed by atoms with Crippen LogP contribution in [-0.2, 0) is 22.9 Å². The Morgan fingerprint density at radius 1 is 1.05 bits per heavy atom. The Bertz CT molecular complexity index is 830. The number of fused-ring (bicyclic) bond motifs is 2. The van der Waals surface area contributed by atoms with Crippen molar-refractivity contribution in [3.8, 4) is 5.75 Å². The molecule has 4 rings (SSSR count). The first kappa shape index (κ1) is 13.8. The van der Waals surface area contributed by atoms with Crippen molar-refractivity contribution in [1.29, 1.82) is 0 Å². The second-order valence-corrected chi connectivity index (χ2v) is 7.52. The lowest BCUT2D eigenvalue weighted by molar-refractivity contribution is 0.325. The molecule has 114 valence electrons. The van der Waals surface area contributed by atoms with E-state index in [9.17, 15) is 8.42 Å². The highest BCUT2D eigenvalue weighted by atomic mass is 32.2. The highest BCUT2D eigenvalue weighted by Crippen LogP contribution is 2.33. The molecule has 0 saturated carbocycles. The monoisotopic (exact) mass is 315 g/mol.